The normalized spacial score (nSPS) is 12.2. The van der Waals surface area contributed by atoms with Crippen molar-refractivity contribution >= 4 is 39.1 Å². The van der Waals surface area contributed by atoms with E-state index in [4.69, 9.17) is 11.6 Å². The summed E-state index contributed by atoms with van der Waals surface area (Å²) >= 11 is 6.00. The zero-order valence-corrected chi connectivity index (χ0v) is 23.3. The average molecular weight is 560 g/mol. The molecule has 1 N–H and O–H groups in total. The van der Waals surface area contributed by atoms with Gasteiger partial charge in [-0.05, 0) is 81.8 Å². The number of sulfonamides is 1. The fourth-order valence-electron chi connectivity index (χ4n) is 3.75. The molecule has 10 heteroatoms. The highest BCUT2D eigenvalue weighted by molar-refractivity contribution is 7.92. The van der Waals surface area contributed by atoms with Gasteiger partial charge in [0, 0.05) is 17.6 Å². The lowest BCUT2D eigenvalue weighted by molar-refractivity contribution is -0.139. The molecule has 3 rings (SSSR count). The van der Waals surface area contributed by atoms with Crippen molar-refractivity contribution in [2.45, 2.75) is 51.2 Å². The minimum absolute atomic E-state index is 0.0184. The van der Waals surface area contributed by atoms with E-state index in [2.05, 4.69) is 5.32 Å². The van der Waals surface area contributed by atoms with Gasteiger partial charge in [0.05, 0.1) is 10.6 Å². The summed E-state index contributed by atoms with van der Waals surface area (Å²) in [5, 5.41) is 3.32. The molecule has 0 fully saturated rings. The Morgan fingerprint density at radius 1 is 0.921 bits per heavy atom. The van der Waals surface area contributed by atoms with Crippen molar-refractivity contribution in [2.24, 2.45) is 0 Å². The molecule has 0 aliphatic rings. The average Bonchev–Trinajstić information content (AvgIpc) is 2.87. The van der Waals surface area contributed by atoms with Gasteiger partial charge in [-0.2, -0.15) is 0 Å². The lowest BCUT2D eigenvalue weighted by Gasteiger charge is -2.32. The van der Waals surface area contributed by atoms with Gasteiger partial charge < -0.3 is 10.2 Å². The number of benzene rings is 3. The van der Waals surface area contributed by atoms with Crippen LogP contribution in [0.25, 0.3) is 0 Å². The minimum Gasteiger partial charge on any atom is -0.352 e. The zero-order chi connectivity index (χ0) is 28.0. The molecule has 0 aliphatic heterocycles. The van der Waals surface area contributed by atoms with Crippen LogP contribution < -0.4 is 9.62 Å². The maximum atomic E-state index is 13.8. The third kappa shape index (κ3) is 7.33. The van der Waals surface area contributed by atoms with Crippen molar-refractivity contribution in [1.82, 2.24) is 10.2 Å². The van der Waals surface area contributed by atoms with Crippen molar-refractivity contribution in [3.8, 4) is 0 Å². The molecule has 0 spiro atoms. The second-order valence-electron chi connectivity index (χ2n) is 9.29. The number of amides is 2. The Morgan fingerprint density at radius 2 is 1.50 bits per heavy atom. The smallest absolute Gasteiger partial charge is 0.264 e. The number of nitrogens with one attached hydrogen (secondary N) is 1. The van der Waals surface area contributed by atoms with Gasteiger partial charge in [0.1, 0.15) is 18.4 Å². The van der Waals surface area contributed by atoms with Crippen LogP contribution in [0.2, 0.25) is 5.02 Å². The van der Waals surface area contributed by atoms with Crippen LogP contribution in [0, 0.1) is 12.7 Å². The van der Waals surface area contributed by atoms with E-state index in [0.29, 0.717) is 10.6 Å². The van der Waals surface area contributed by atoms with Crippen molar-refractivity contribution in [1.29, 1.82) is 0 Å². The molecule has 0 aliphatic carbocycles. The van der Waals surface area contributed by atoms with Gasteiger partial charge in [-0.3, -0.25) is 13.9 Å². The molecule has 202 valence electrons. The molecular formula is C28H31ClFN3O4S. The maximum absolute atomic E-state index is 13.8. The van der Waals surface area contributed by atoms with Crippen molar-refractivity contribution in [2.75, 3.05) is 10.8 Å². The molecule has 0 heterocycles. The van der Waals surface area contributed by atoms with E-state index in [0.717, 1.165) is 22.0 Å². The molecule has 0 bridgehead atoms. The van der Waals surface area contributed by atoms with Gasteiger partial charge in [0.15, 0.2) is 0 Å². The first-order chi connectivity index (χ1) is 17.9. The van der Waals surface area contributed by atoms with E-state index in [9.17, 15) is 22.4 Å². The topological polar surface area (TPSA) is 86.8 Å². The second kappa shape index (κ2) is 12.4. The van der Waals surface area contributed by atoms with E-state index in [1.165, 1.54) is 29.2 Å². The Bertz CT molecular complexity index is 1360. The number of anilines is 1. The zero-order valence-electron chi connectivity index (χ0n) is 21.7. The summed E-state index contributed by atoms with van der Waals surface area (Å²) in [6, 6.07) is 16.8. The molecular weight excluding hydrogens is 529 g/mol. The number of halogens is 2. The molecule has 2 amide bonds. The number of hydrogen-bond acceptors (Lipinski definition) is 4. The maximum Gasteiger partial charge on any atom is 0.264 e. The Labute approximate surface area is 228 Å². The monoisotopic (exact) mass is 559 g/mol. The standard InChI is InChI=1S/C28H31ClFN3O4S/c1-19(2)31-28(35)21(4)32(17-22-7-9-23(29)10-8-22)27(34)18-33(25-13-11-24(30)12-14-25)38(36,37)26-15-5-20(3)6-16-26/h5-16,19,21H,17-18H2,1-4H3,(H,31,35). The SMILES string of the molecule is Cc1ccc(S(=O)(=O)N(CC(=O)N(Cc2ccc(Cl)cc2)C(C)C(=O)NC(C)C)c2ccc(F)cc2)cc1. The van der Waals surface area contributed by atoms with Crippen LogP contribution in [-0.4, -0.2) is 43.8 Å². The highest BCUT2D eigenvalue weighted by Gasteiger charge is 2.32. The molecule has 0 radical (unpaired) electrons. The Balaban J connectivity index is 2.02. The van der Waals surface area contributed by atoms with Crippen LogP contribution in [0.3, 0.4) is 0 Å². The summed E-state index contributed by atoms with van der Waals surface area (Å²) in [4.78, 5) is 28.0. The summed E-state index contributed by atoms with van der Waals surface area (Å²) in [6.45, 7) is 6.47. The minimum atomic E-state index is -4.21. The Kier molecular flexibility index (Phi) is 9.51. The summed E-state index contributed by atoms with van der Waals surface area (Å²) in [7, 11) is -4.21. The molecule has 0 aromatic heterocycles. The predicted molar refractivity (Wildman–Crippen MR) is 147 cm³/mol. The molecule has 1 atom stereocenters. The fourth-order valence-corrected chi connectivity index (χ4v) is 5.29. The van der Waals surface area contributed by atoms with E-state index in [1.807, 2.05) is 6.92 Å². The van der Waals surface area contributed by atoms with Crippen LogP contribution in [0.15, 0.2) is 77.7 Å². The van der Waals surface area contributed by atoms with Gasteiger partial charge in [-0.15, -0.1) is 0 Å². The highest BCUT2D eigenvalue weighted by atomic mass is 35.5. The second-order valence-corrected chi connectivity index (χ2v) is 11.6. The van der Waals surface area contributed by atoms with Crippen molar-refractivity contribution in [3.63, 3.8) is 0 Å². The molecule has 3 aromatic rings. The highest BCUT2D eigenvalue weighted by Crippen LogP contribution is 2.25. The fraction of sp³-hybridized carbons (Fsp3) is 0.286. The van der Waals surface area contributed by atoms with Crippen molar-refractivity contribution in [3.05, 3.63) is 94.8 Å². The summed E-state index contributed by atoms with van der Waals surface area (Å²) in [5.74, 6) is -1.53. The van der Waals surface area contributed by atoms with Gasteiger partial charge in [0.2, 0.25) is 11.8 Å². The van der Waals surface area contributed by atoms with Crippen molar-refractivity contribution < 1.29 is 22.4 Å². The summed E-state index contributed by atoms with van der Waals surface area (Å²) in [6.07, 6.45) is 0. The number of nitrogens with zero attached hydrogens (tertiary/aromatic N) is 2. The van der Waals surface area contributed by atoms with Gasteiger partial charge in [-0.1, -0.05) is 41.4 Å². The molecule has 1 unspecified atom stereocenters. The third-order valence-corrected chi connectivity index (χ3v) is 7.91. The van der Waals surface area contributed by atoms with E-state index in [-0.39, 0.29) is 29.1 Å². The van der Waals surface area contributed by atoms with Gasteiger partial charge >= 0.3 is 0 Å². The van der Waals surface area contributed by atoms with Crippen LogP contribution in [0.4, 0.5) is 10.1 Å². The first-order valence-electron chi connectivity index (χ1n) is 12.1. The van der Waals surface area contributed by atoms with Crippen LogP contribution >= 0.6 is 11.6 Å². The summed E-state index contributed by atoms with van der Waals surface area (Å²) in [5.41, 5.74) is 1.69. The lowest BCUT2D eigenvalue weighted by Crippen LogP contribution is -2.52. The summed E-state index contributed by atoms with van der Waals surface area (Å²) < 4.78 is 42.0. The quantitative estimate of drug-likeness (QED) is 0.382. The van der Waals surface area contributed by atoms with Gasteiger partial charge in [-0.25, -0.2) is 12.8 Å². The van der Waals surface area contributed by atoms with E-state index >= 15 is 0 Å². The van der Waals surface area contributed by atoms with E-state index < -0.39 is 34.3 Å². The Hall–Kier alpha value is -3.43. The molecule has 3 aromatic carbocycles. The number of rotatable bonds is 10. The molecule has 7 nitrogen and oxygen atoms in total. The predicted octanol–water partition coefficient (Wildman–Crippen LogP) is 4.92. The van der Waals surface area contributed by atoms with E-state index in [1.54, 1.807) is 57.2 Å². The van der Waals surface area contributed by atoms with Gasteiger partial charge in [0.25, 0.3) is 10.0 Å². The molecule has 0 saturated carbocycles. The number of carbonyl (C=O) groups is 2. The van der Waals surface area contributed by atoms with Crippen LogP contribution in [0.1, 0.15) is 31.9 Å². The Morgan fingerprint density at radius 3 is 2.05 bits per heavy atom. The first kappa shape index (κ1) is 29.1. The third-order valence-electron chi connectivity index (χ3n) is 5.87. The number of hydrogen-bond donors (Lipinski definition) is 1. The number of carbonyl (C=O) groups excluding carboxylic acids is 2. The number of aryl methyl sites for hydroxylation is 1. The lowest BCUT2D eigenvalue weighted by atomic mass is 10.1. The van der Waals surface area contributed by atoms with Crippen LogP contribution in [-0.2, 0) is 26.2 Å². The van der Waals surface area contributed by atoms with Crippen LogP contribution in [0.5, 0.6) is 0 Å². The largest absolute Gasteiger partial charge is 0.352 e. The molecule has 0 saturated heterocycles. The molecule has 38 heavy (non-hydrogen) atoms. The first-order valence-corrected chi connectivity index (χ1v) is 13.9.